The number of nitrogens with zero attached hydrogens (tertiary/aromatic N) is 2. The zero-order chi connectivity index (χ0) is 24.9. The van der Waals surface area contributed by atoms with Gasteiger partial charge in [0.15, 0.2) is 6.61 Å². The smallest absolute Gasteiger partial charge is 0.309 e. The molecule has 2 aromatic carbocycles. The fourth-order valence-electron chi connectivity index (χ4n) is 3.82. The molecule has 0 aromatic heterocycles. The van der Waals surface area contributed by atoms with Crippen LogP contribution in [0.25, 0.3) is 0 Å². The number of hydrogen-bond acceptors (Lipinski definition) is 6. The molecule has 0 unspecified atom stereocenters. The van der Waals surface area contributed by atoms with Gasteiger partial charge in [-0.3, -0.25) is 9.59 Å². The highest BCUT2D eigenvalue weighted by molar-refractivity contribution is 7.89. The van der Waals surface area contributed by atoms with Crippen LogP contribution in [0.3, 0.4) is 0 Å². The first kappa shape index (κ1) is 25.7. The first-order valence-corrected chi connectivity index (χ1v) is 12.7. The number of ether oxygens (including phenoxy) is 2. The summed E-state index contributed by atoms with van der Waals surface area (Å²) in [5, 5.41) is 0. The van der Waals surface area contributed by atoms with Gasteiger partial charge in [0.2, 0.25) is 10.0 Å². The number of piperazine rings is 1. The molecule has 0 atom stereocenters. The molecular formula is C25H32N2O6S. The summed E-state index contributed by atoms with van der Waals surface area (Å²) in [6.45, 7) is 8.26. The molecule has 0 N–H and O–H groups in total. The number of esters is 1. The van der Waals surface area contributed by atoms with Crippen LogP contribution in [0.15, 0.2) is 41.3 Å². The lowest BCUT2D eigenvalue weighted by molar-refractivity contribution is -0.152. The van der Waals surface area contributed by atoms with Crippen LogP contribution in [0.4, 0.5) is 0 Å². The van der Waals surface area contributed by atoms with E-state index in [2.05, 4.69) is 0 Å². The largest absolute Gasteiger partial charge is 0.493 e. The number of carbonyl (C=O) groups excluding carboxylic acids is 2. The standard InChI is InChI=1S/C25H32N2O6S/c1-18-6-8-23(21(4)15-18)34(30,31)27-12-10-26(11-13-27)24(28)17-33-25(29)9-14-32-22-16-19(2)5-7-20(22)3/h5-8,15-16H,9-14,17H2,1-4H3. The maximum atomic E-state index is 13.0. The monoisotopic (exact) mass is 488 g/mol. The fourth-order valence-corrected chi connectivity index (χ4v) is 5.45. The highest BCUT2D eigenvalue weighted by Gasteiger charge is 2.31. The lowest BCUT2D eigenvalue weighted by atomic mass is 10.1. The minimum Gasteiger partial charge on any atom is -0.493 e. The number of hydrogen-bond donors (Lipinski definition) is 0. The van der Waals surface area contributed by atoms with Gasteiger partial charge in [-0.25, -0.2) is 8.42 Å². The second kappa shape index (κ2) is 11.0. The number of amides is 1. The molecule has 0 radical (unpaired) electrons. The third-order valence-electron chi connectivity index (χ3n) is 5.80. The Hall–Kier alpha value is -2.91. The quantitative estimate of drug-likeness (QED) is 0.531. The predicted molar refractivity (Wildman–Crippen MR) is 128 cm³/mol. The molecule has 1 amide bonds. The van der Waals surface area contributed by atoms with Gasteiger partial charge in [-0.1, -0.05) is 29.8 Å². The van der Waals surface area contributed by atoms with E-state index in [9.17, 15) is 18.0 Å². The Kier molecular flexibility index (Phi) is 8.33. The van der Waals surface area contributed by atoms with E-state index < -0.39 is 16.0 Å². The third kappa shape index (κ3) is 6.36. The second-order valence-electron chi connectivity index (χ2n) is 8.58. The van der Waals surface area contributed by atoms with Crippen LogP contribution in [0.2, 0.25) is 0 Å². The topological polar surface area (TPSA) is 93.2 Å². The van der Waals surface area contributed by atoms with Gasteiger partial charge in [0.05, 0.1) is 17.9 Å². The van der Waals surface area contributed by atoms with Crippen molar-refractivity contribution in [3.05, 3.63) is 58.7 Å². The van der Waals surface area contributed by atoms with Gasteiger partial charge in [0.1, 0.15) is 5.75 Å². The van der Waals surface area contributed by atoms with E-state index in [0.29, 0.717) is 5.56 Å². The van der Waals surface area contributed by atoms with Crippen molar-refractivity contribution in [1.29, 1.82) is 0 Å². The molecule has 34 heavy (non-hydrogen) atoms. The van der Waals surface area contributed by atoms with Crippen molar-refractivity contribution < 1.29 is 27.5 Å². The van der Waals surface area contributed by atoms with E-state index >= 15 is 0 Å². The maximum absolute atomic E-state index is 13.0. The van der Waals surface area contributed by atoms with E-state index in [0.717, 1.165) is 22.4 Å². The number of aryl methyl sites for hydroxylation is 4. The van der Waals surface area contributed by atoms with Gasteiger partial charge >= 0.3 is 5.97 Å². The number of benzene rings is 2. The van der Waals surface area contributed by atoms with Crippen molar-refractivity contribution in [3.8, 4) is 5.75 Å². The summed E-state index contributed by atoms with van der Waals surface area (Å²) in [4.78, 5) is 26.3. The van der Waals surface area contributed by atoms with Crippen LogP contribution < -0.4 is 4.74 Å². The van der Waals surface area contributed by atoms with Crippen molar-refractivity contribution in [2.75, 3.05) is 39.4 Å². The molecule has 9 heteroatoms. The van der Waals surface area contributed by atoms with Crippen molar-refractivity contribution in [3.63, 3.8) is 0 Å². The van der Waals surface area contributed by atoms with Crippen LogP contribution in [-0.4, -0.2) is 68.9 Å². The average Bonchev–Trinajstić information content (AvgIpc) is 2.79. The molecule has 0 saturated carbocycles. The van der Waals surface area contributed by atoms with Gasteiger partial charge < -0.3 is 14.4 Å². The van der Waals surface area contributed by atoms with Gasteiger partial charge in [0.25, 0.3) is 5.91 Å². The summed E-state index contributed by atoms with van der Waals surface area (Å²) in [5.41, 5.74) is 3.74. The van der Waals surface area contributed by atoms with Crippen molar-refractivity contribution >= 4 is 21.9 Å². The maximum Gasteiger partial charge on any atom is 0.309 e. The molecular weight excluding hydrogens is 456 g/mol. The molecule has 3 rings (SSSR count). The first-order valence-electron chi connectivity index (χ1n) is 11.3. The zero-order valence-corrected chi connectivity index (χ0v) is 21.0. The van der Waals surface area contributed by atoms with Crippen LogP contribution in [0.1, 0.15) is 28.7 Å². The highest BCUT2D eigenvalue weighted by atomic mass is 32.2. The summed E-state index contributed by atoms with van der Waals surface area (Å²) in [6, 6.07) is 11.1. The first-order chi connectivity index (χ1) is 16.1. The Morgan fingerprint density at radius 1 is 0.882 bits per heavy atom. The Bertz CT molecular complexity index is 1150. The molecule has 1 aliphatic rings. The van der Waals surface area contributed by atoms with Gasteiger partial charge in [-0.05, 0) is 56.5 Å². The minimum atomic E-state index is -3.63. The van der Waals surface area contributed by atoms with Crippen LogP contribution in [0.5, 0.6) is 5.75 Å². The number of rotatable bonds is 8. The molecule has 2 aromatic rings. The third-order valence-corrected chi connectivity index (χ3v) is 7.86. The minimum absolute atomic E-state index is 0.0303. The van der Waals surface area contributed by atoms with E-state index in [-0.39, 0.29) is 56.6 Å². The molecule has 184 valence electrons. The van der Waals surface area contributed by atoms with E-state index in [1.54, 1.807) is 19.1 Å². The molecule has 1 fully saturated rings. The molecule has 8 nitrogen and oxygen atoms in total. The summed E-state index contributed by atoms with van der Waals surface area (Å²) >= 11 is 0. The second-order valence-corrected chi connectivity index (χ2v) is 10.5. The average molecular weight is 489 g/mol. The molecule has 1 heterocycles. The van der Waals surface area contributed by atoms with Crippen molar-refractivity contribution in [2.45, 2.75) is 39.0 Å². The van der Waals surface area contributed by atoms with Crippen molar-refractivity contribution in [1.82, 2.24) is 9.21 Å². The normalized spacial score (nSPS) is 14.6. The van der Waals surface area contributed by atoms with Crippen molar-refractivity contribution in [2.24, 2.45) is 0 Å². The van der Waals surface area contributed by atoms with E-state index in [1.807, 2.05) is 45.0 Å². The van der Waals surface area contributed by atoms with Gasteiger partial charge in [0, 0.05) is 26.2 Å². The van der Waals surface area contributed by atoms with Crippen LogP contribution in [-0.2, 0) is 24.3 Å². The number of carbonyl (C=O) groups is 2. The fraction of sp³-hybridized carbons (Fsp3) is 0.440. The van der Waals surface area contributed by atoms with Crippen LogP contribution >= 0.6 is 0 Å². The van der Waals surface area contributed by atoms with E-state index in [1.165, 1.54) is 9.21 Å². The summed E-state index contributed by atoms with van der Waals surface area (Å²) in [6.07, 6.45) is 0.0303. The Morgan fingerprint density at radius 2 is 1.53 bits per heavy atom. The highest BCUT2D eigenvalue weighted by Crippen LogP contribution is 2.22. The molecule has 0 aliphatic carbocycles. The summed E-state index contributed by atoms with van der Waals surface area (Å²) in [7, 11) is -3.63. The van der Waals surface area contributed by atoms with Crippen LogP contribution in [0, 0.1) is 27.7 Å². The Labute approximate surface area is 201 Å². The lowest BCUT2D eigenvalue weighted by Gasteiger charge is -2.34. The number of sulfonamides is 1. The molecule has 0 spiro atoms. The molecule has 0 bridgehead atoms. The summed E-state index contributed by atoms with van der Waals surface area (Å²) in [5.74, 6) is -0.139. The van der Waals surface area contributed by atoms with E-state index in [4.69, 9.17) is 9.47 Å². The Morgan fingerprint density at radius 3 is 2.21 bits per heavy atom. The molecule has 1 saturated heterocycles. The predicted octanol–water partition coefficient (Wildman–Crippen LogP) is 2.77. The Balaban J connectivity index is 1.43. The SMILES string of the molecule is Cc1ccc(S(=O)(=O)N2CCN(C(=O)COC(=O)CCOc3cc(C)ccc3C)CC2)c(C)c1. The molecule has 1 aliphatic heterocycles. The van der Waals surface area contributed by atoms with Gasteiger partial charge in [-0.2, -0.15) is 4.31 Å². The zero-order valence-electron chi connectivity index (χ0n) is 20.2. The summed E-state index contributed by atoms with van der Waals surface area (Å²) < 4.78 is 38.1. The lowest BCUT2D eigenvalue weighted by Crippen LogP contribution is -2.51. The van der Waals surface area contributed by atoms with Gasteiger partial charge in [-0.15, -0.1) is 0 Å².